The average molecular weight is 193 g/mol. The zero-order valence-electron chi connectivity index (χ0n) is 8.13. The predicted molar refractivity (Wildman–Crippen MR) is 51.2 cm³/mol. The lowest BCUT2D eigenvalue weighted by molar-refractivity contribution is 0.441. The number of hydrogen-bond acceptors (Lipinski definition) is 4. The van der Waals surface area contributed by atoms with Gasteiger partial charge in [-0.2, -0.15) is 4.98 Å². The van der Waals surface area contributed by atoms with Crippen LogP contribution in [-0.4, -0.2) is 15.1 Å². The van der Waals surface area contributed by atoms with Crippen LogP contribution in [-0.2, 0) is 6.42 Å². The second kappa shape index (κ2) is 3.25. The molecule has 2 rings (SSSR count). The van der Waals surface area contributed by atoms with Gasteiger partial charge in [0.25, 0.3) is 11.3 Å². The fourth-order valence-electron chi connectivity index (χ4n) is 1.39. The molecule has 1 N–H and O–H groups in total. The van der Waals surface area contributed by atoms with E-state index < -0.39 is 0 Å². The maximum atomic E-state index is 11.6. The third-order valence-corrected chi connectivity index (χ3v) is 2.05. The van der Waals surface area contributed by atoms with Crippen LogP contribution in [0.3, 0.4) is 0 Å². The van der Waals surface area contributed by atoms with Crippen molar-refractivity contribution in [3.63, 3.8) is 0 Å². The third kappa shape index (κ3) is 1.30. The lowest BCUT2D eigenvalue weighted by atomic mass is 10.3. The van der Waals surface area contributed by atoms with Crippen LogP contribution in [0.2, 0.25) is 0 Å². The molecule has 2 heterocycles. The Morgan fingerprint density at radius 3 is 3.00 bits per heavy atom. The van der Waals surface area contributed by atoms with Crippen molar-refractivity contribution in [1.29, 1.82) is 0 Å². The second-order valence-corrected chi connectivity index (χ2v) is 3.21. The summed E-state index contributed by atoms with van der Waals surface area (Å²) in [4.78, 5) is 18.4. The zero-order valence-corrected chi connectivity index (χ0v) is 8.13. The Hall–Kier alpha value is -1.65. The summed E-state index contributed by atoms with van der Waals surface area (Å²) >= 11 is 0. The molecule has 14 heavy (non-hydrogen) atoms. The van der Waals surface area contributed by atoms with Crippen LogP contribution in [0.25, 0.3) is 11.1 Å². The van der Waals surface area contributed by atoms with E-state index in [0.29, 0.717) is 22.6 Å². The van der Waals surface area contributed by atoms with Crippen molar-refractivity contribution < 1.29 is 4.52 Å². The van der Waals surface area contributed by atoms with E-state index in [-0.39, 0.29) is 5.56 Å². The lowest BCUT2D eigenvalue weighted by Gasteiger charge is -1.95. The normalized spacial score (nSPS) is 11.0. The Kier molecular flexibility index (Phi) is 2.07. The van der Waals surface area contributed by atoms with Crippen molar-refractivity contribution >= 4 is 11.1 Å². The summed E-state index contributed by atoms with van der Waals surface area (Å²) in [5, 5.41) is 4.15. The first-order chi connectivity index (χ1) is 6.72. The highest BCUT2D eigenvalue weighted by atomic mass is 16.5. The minimum absolute atomic E-state index is 0.169. The summed E-state index contributed by atoms with van der Waals surface area (Å²) in [6, 6.07) is 0. The topological polar surface area (TPSA) is 71.8 Å². The smallest absolute Gasteiger partial charge is 0.265 e. The summed E-state index contributed by atoms with van der Waals surface area (Å²) in [6.45, 7) is 3.75. The van der Waals surface area contributed by atoms with E-state index in [9.17, 15) is 4.79 Å². The molecule has 74 valence electrons. The third-order valence-electron chi connectivity index (χ3n) is 2.05. The van der Waals surface area contributed by atoms with Crippen LogP contribution in [0.1, 0.15) is 24.9 Å². The van der Waals surface area contributed by atoms with E-state index in [1.165, 1.54) is 0 Å². The van der Waals surface area contributed by atoms with Crippen LogP contribution in [0.15, 0.2) is 9.32 Å². The molecule has 5 nitrogen and oxygen atoms in total. The first kappa shape index (κ1) is 8.93. The molecule has 2 aromatic heterocycles. The van der Waals surface area contributed by atoms with E-state index in [2.05, 4.69) is 15.1 Å². The highest BCUT2D eigenvalue weighted by Gasteiger charge is 2.10. The van der Waals surface area contributed by atoms with Crippen molar-refractivity contribution in [1.82, 2.24) is 15.1 Å². The van der Waals surface area contributed by atoms with Crippen LogP contribution in [0.5, 0.6) is 0 Å². The number of aromatic amines is 1. The number of aryl methyl sites for hydroxylation is 2. The number of nitrogens with one attached hydrogen (secondary N) is 1. The molecule has 0 spiro atoms. The maximum Gasteiger partial charge on any atom is 0.265 e. The van der Waals surface area contributed by atoms with Gasteiger partial charge in [0.2, 0.25) is 0 Å². The number of fused-ring (bicyclic) bond motifs is 1. The molecule has 0 atom stereocenters. The maximum absolute atomic E-state index is 11.6. The van der Waals surface area contributed by atoms with Gasteiger partial charge in [0.1, 0.15) is 11.2 Å². The van der Waals surface area contributed by atoms with Crippen LogP contribution >= 0.6 is 0 Å². The molecule has 2 aromatic rings. The van der Waals surface area contributed by atoms with Gasteiger partial charge in [0, 0.05) is 6.42 Å². The molecule has 0 fully saturated rings. The van der Waals surface area contributed by atoms with Crippen LogP contribution in [0.4, 0.5) is 0 Å². The molecule has 0 bridgehead atoms. The largest absolute Gasteiger partial charge is 0.335 e. The van der Waals surface area contributed by atoms with Crippen molar-refractivity contribution in [2.75, 3.05) is 0 Å². The molecule has 0 aliphatic rings. The summed E-state index contributed by atoms with van der Waals surface area (Å²) in [5.74, 6) is 0.654. The van der Waals surface area contributed by atoms with Crippen molar-refractivity contribution in [2.24, 2.45) is 0 Å². The average Bonchev–Trinajstić information content (AvgIpc) is 2.48. The van der Waals surface area contributed by atoms with Gasteiger partial charge in [0.15, 0.2) is 0 Å². The standard InChI is InChI=1S/C9H11N3O2/c1-3-4-6-10-8(13)7-5(2)12-14-9(7)11-6/h3-4H2,1-2H3,(H,10,11,13). The van der Waals surface area contributed by atoms with Gasteiger partial charge in [-0.05, 0) is 13.3 Å². The molecule has 0 radical (unpaired) electrons. The highest BCUT2D eigenvalue weighted by molar-refractivity contribution is 5.73. The summed E-state index contributed by atoms with van der Waals surface area (Å²) in [6.07, 6.45) is 1.67. The number of H-pyrrole nitrogens is 1. The number of hydrogen-bond donors (Lipinski definition) is 1. The second-order valence-electron chi connectivity index (χ2n) is 3.21. The Balaban J connectivity index is 2.68. The Bertz CT molecular complexity index is 512. The van der Waals surface area contributed by atoms with Crippen LogP contribution in [0, 0.1) is 6.92 Å². The van der Waals surface area contributed by atoms with E-state index in [1.807, 2.05) is 6.92 Å². The van der Waals surface area contributed by atoms with Crippen molar-refractivity contribution in [2.45, 2.75) is 26.7 Å². The molecular formula is C9H11N3O2. The number of aromatic nitrogens is 3. The van der Waals surface area contributed by atoms with Gasteiger partial charge >= 0.3 is 0 Å². The highest BCUT2D eigenvalue weighted by Crippen LogP contribution is 2.10. The summed E-state index contributed by atoms with van der Waals surface area (Å²) in [7, 11) is 0. The molecule has 0 saturated carbocycles. The minimum atomic E-state index is -0.169. The Morgan fingerprint density at radius 2 is 2.29 bits per heavy atom. The van der Waals surface area contributed by atoms with Gasteiger partial charge in [-0.15, -0.1) is 0 Å². The van der Waals surface area contributed by atoms with E-state index in [1.54, 1.807) is 6.92 Å². The SMILES string of the molecule is CCCc1nc2onc(C)c2c(=O)[nH]1. The molecular weight excluding hydrogens is 182 g/mol. The lowest BCUT2D eigenvalue weighted by Crippen LogP contribution is -2.11. The van der Waals surface area contributed by atoms with Crippen LogP contribution < -0.4 is 5.56 Å². The summed E-state index contributed by atoms with van der Waals surface area (Å²) in [5.41, 5.74) is 0.740. The molecule has 0 amide bonds. The van der Waals surface area contributed by atoms with Crippen molar-refractivity contribution in [3.8, 4) is 0 Å². The van der Waals surface area contributed by atoms with Gasteiger partial charge in [-0.25, -0.2) is 0 Å². The van der Waals surface area contributed by atoms with E-state index >= 15 is 0 Å². The predicted octanol–water partition coefficient (Wildman–Crippen LogP) is 1.17. The summed E-state index contributed by atoms with van der Waals surface area (Å²) < 4.78 is 4.94. The fourth-order valence-corrected chi connectivity index (χ4v) is 1.39. The van der Waals surface area contributed by atoms with Gasteiger partial charge in [-0.3, -0.25) is 4.79 Å². The van der Waals surface area contributed by atoms with Gasteiger partial charge in [0.05, 0.1) is 5.69 Å². The Morgan fingerprint density at radius 1 is 1.50 bits per heavy atom. The monoisotopic (exact) mass is 193 g/mol. The molecule has 0 unspecified atom stereocenters. The first-order valence-electron chi connectivity index (χ1n) is 4.57. The molecule has 0 aliphatic heterocycles. The first-order valence-corrected chi connectivity index (χ1v) is 4.57. The van der Waals surface area contributed by atoms with Crippen molar-refractivity contribution in [3.05, 3.63) is 21.9 Å². The number of rotatable bonds is 2. The molecule has 0 aromatic carbocycles. The van der Waals surface area contributed by atoms with E-state index in [0.717, 1.165) is 12.8 Å². The molecule has 0 saturated heterocycles. The molecule has 5 heteroatoms. The zero-order chi connectivity index (χ0) is 10.1. The molecule has 0 aliphatic carbocycles. The van der Waals surface area contributed by atoms with Gasteiger partial charge < -0.3 is 9.51 Å². The van der Waals surface area contributed by atoms with Gasteiger partial charge in [-0.1, -0.05) is 12.1 Å². The van der Waals surface area contributed by atoms with E-state index in [4.69, 9.17) is 4.52 Å². The fraction of sp³-hybridized carbons (Fsp3) is 0.444. The Labute approximate surface area is 80.1 Å². The minimum Gasteiger partial charge on any atom is -0.335 e. The number of nitrogens with zero attached hydrogens (tertiary/aromatic N) is 2. The quantitative estimate of drug-likeness (QED) is 0.777.